The van der Waals surface area contributed by atoms with Crippen LogP contribution < -0.4 is 4.74 Å². The van der Waals surface area contributed by atoms with Crippen molar-refractivity contribution in [2.24, 2.45) is 0 Å². The summed E-state index contributed by atoms with van der Waals surface area (Å²) >= 11 is 7.13. The van der Waals surface area contributed by atoms with Gasteiger partial charge in [-0.2, -0.15) is 0 Å². The molecule has 17 heavy (non-hydrogen) atoms. The summed E-state index contributed by atoms with van der Waals surface area (Å²) in [6.45, 7) is 2.16. The van der Waals surface area contributed by atoms with Crippen LogP contribution in [0, 0.1) is 0 Å². The van der Waals surface area contributed by atoms with Gasteiger partial charge in [-0.25, -0.2) is 4.98 Å². The topological polar surface area (TPSA) is 42.4 Å². The van der Waals surface area contributed by atoms with Crippen LogP contribution in [-0.2, 0) is 6.61 Å². The van der Waals surface area contributed by atoms with Gasteiger partial charge in [0.2, 0.25) is 0 Å². The van der Waals surface area contributed by atoms with Crippen molar-refractivity contribution in [3.8, 4) is 5.75 Å². The molecule has 0 saturated heterocycles. The first-order valence-corrected chi connectivity index (χ1v) is 6.35. The Kier molecular flexibility index (Phi) is 3.99. The number of thiazole rings is 1. The van der Waals surface area contributed by atoms with Crippen LogP contribution in [0.15, 0.2) is 30.5 Å². The molecule has 1 unspecified atom stereocenters. The molecule has 0 radical (unpaired) electrons. The second-order valence-corrected chi connectivity index (χ2v) is 5.31. The number of benzene rings is 1. The Hall–Kier alpha value is -1.10. The number of aromatic nitrogens is 1. The average molecular weight is 270 g/mol. The van der Waals surface area contributed by atoms with Crippen LogP contribution in [0.1, 0.15) is 23.5 Å². The second kappa shape index (κ2) is 5.49. The molecule has 90 valence electrons. The lowest BCUT2D eigenvalue weighted by Crippen LogP contribution is -1.95. The highest BCUT2D eigenvalue weighted by molar-refractivity contribution is 7.15. The molecule has 0 amide bonds. The Morgan fingerprint density at radius 2 is 2.35 bits per heavy atom. The Labute approximate surface area is 109 Å². The van der Waals surface area contributed by atoms with Gasteiger partial charge < -0.3 is 9.84 Å². The van der Waals surface area contributed by atoms with Gasteiger partial charge in [0.1, 0.15) is 12.4 Å². The van der Waals surface area contributed by atoms with E-state index in [9.17, 15) is 5.11 Å². The van der Waals surface area contributed by atoms with Crippen molar-refractivity contribution in [3.05, 3.63) is 45.4 Å². The minimum Gasteiger partial charge on any atom is -0.488 e. The number of nitrogens with zero attached hydrogens (tertiary/aromatic N) is 1. The zero-order chi connectivity index (χ0) is 12.3. The zero-order valence-corrected chi connectivity index (χ0v) is 10.8. The van der Waals surface area contributed by atoms with Gasteiger partial charge >= 0.3 is 0 Å². The summed E-state index contributed by atoms with van der Waals surface area (Å²) in [7, 11) is 0. The molecule has 1 N–H and O–H groups in total. The van der Waals surface area contributed by atoms with Gasteiger partial charge in [0.15, 0.2) is 4.47 Å². The zero-order valence-electron chi connectivity index (χ0n) is 9.26. The molecule has 1 heterocycles. The molecule has 3 nitrogen and oxygen atoms in total. The fraction of sp³-hybridized carbons (Fsp3) is 0.250. The van der Waals surface area contributed by atoms with E-state index in [4.69, 9.17) is 16.3 Å². The van der Waals surface area contributed by atoms with Crippen LogP contribution in [0.2, 0.25) is 4.47 Å². The SMILES string of the molecule is CC(O)c1cccc(OCc2cnc(Cl)s2)c1. The highest BCUT2D eigenvalue weighted by Crippen LogP contribution is 2.22. The van der Waals surface area contributed by atoms with E-state index in [0.29, 0.717) is 11.1 Å². The minimum atomic E-state index is -0.489. The van der Waals surface area contributed by atoms with Crippen LogP contribution in [0.3, 0.4) is 0 Å². The maximum atomic E-state index is 9.46. The Morgan fingerprint density at radius 3 is 3.00 bits per heavy atom. The third-order valence-electron chi connectivity index (χ3n) is 2.25. The van der Waals surface area contributed by atoms with Gasteiger partial charge in [-0.1, -0.05) is 23.7 Å². The molecule has 2 aromatic rings. The summed E-state index contributed by atoms with van der Waals surface area (Å²) in [5.74, 6) is 0.730. The summed E-state index contributed by atoms with van der Waals surface area (Å²) in [4.78, 5) is 4.91. The lowest BCUT2D eigenvalue weighted by molar-refractivity contribution is 0.198. The monoisotopic (exact) mass is 269 g/mol. The molecule has 0 fully saturated rings. The highest BCUT2D eigenvalue weighted by Gasteiger charge is 2.04. The van der Waals surface area contributed by atoms with E-state index >= 15 is 0 Å². The lowest BCUT2D eigenvalue weighted by atomic mass is 10.1. The Balaban J connectivity index is 2.01. The van der Waals surface area contributed by atoms with E-state index in [1.54, 1.807) is 13.1 Å². The summed E-state index contributed by atoms with van der Waals surface area (Å²) < 4.78 is 6.11. The number of rotatable bonds is 4. The number of halogens is 1. The first-order chi connectivity index (χ1) is 8.15. The molecule has 0 aliphatic rings. The smallest absolute Gasteiger partial charge is 0.183 e. The van der Waals surface area contributed by atoms with E-state index in [1.165, 1.54) is 11.3 Å². The van der Waals surface area contributed by atoms with Gasteiger partial charge in [0, 0.05) is 6.20 Å². The van der Waals surface area contributed by atoms with Crippen molar-refractivity contribution in [3.63, 3.8) is 0 Å². The van der Waals surface area contributed by atoms with Crippen LogP contribution in [0.25, 0.3) is 0 Å². The minimum absolute atomic E-state index is 0.438. The summed E-state index contributed by atoms with van der Waals surface area (Å²) in [5.41, 5.74) is 0.838. The van der Waals surface area contributed by atoms with E-state index in [-0.39, 0.29) is 0 Å². The number of hydrogen-bond acceptors (Lipinski definition) is 4. The van der Waals surface area contributed by atoms with Crippen molar-refractivity contribution in [2.45, 2.75) is 19.6 Å². The number of aliphatic hydroxyl groups is 1. The van der Waals surface area contributed by atoms with Gasteiger partial charge in [-0.05, 0) is 24.6 Å². The average Bonchev–Trinajstić information content (AvgIpc) is 2.73. The Morgan fingerprint density at radius 1 is 1.53 bits per heavy atom. The largest absolute Gasteiger partial charge is 0.488 e. The predicted molar refractivity (Wildman–Crippen MR) is 68.5 cm³/mol. The standard InChI is InChI=1S/C12H12ClNO2S/c1-8(15)9-3-2-4-10(5-9)16-7-11-6-14-12(13)17-11/h2-6,8,15H,7H2,1H3. The van der Waals surface area contributed by atoms with Gasteiger partial charge in [-0.3, -0.25) is 0 Å². The summed E-state index contributed by atoms with van der Waals surface area (Å²) in [5, 5.41) is 9.46. The van der Waals surface area contributed by atoms with E-state index < -0.39 is 6.10 Å². The fourth-order valence-electron chi connectivity index (χ4n) is 1.37. The van der Waals surface area contributed by atoms with Gasteiger partial charge in [0.25, 0.3) is 0 Å². The molecule has 1 atom stereocenters. The molecule has 0 aliphatic carbocycles. The van der Waals surface area contributed by atoms with Crippen molar-refractivity contribution in [1.29, 1.82) is 0 Å². The molecule has 5 heteroatoms. The van der Waals surface area contributed by atoms with Crippen molar-refractivity contribution in [1.82, 2.24) is 4.98 Å². The first-order valence-electron chi connectivity index (χ1n) is 5.16. The molecule has 1 aromatic heterocycles. The third kappa shape index (κ3) is 3.43. The van der Waals surface area contributed by atoms with Crippen LogP contribution >= 0.6 is 22.9 Å². The first kappa shape index (κ1) is 12.4. The second-order valence-electron chi connectivity index (χ2n) is 3.62. The fourth-order valence-corrected chi connectivity index (χ4v) is 2.26. The maximum absolute atomic E-state index is 9.46. The van der Waals surface area contributed by atoms with Crippen LogP contribution in [0.4, 0.5) is 0 Å². The molecule has 0 aliphatic heterocycles. The molecular formula is C12H12ClNO2S. The van der Waals surface area contributed by atoms with E-state index in [1.807, 2.05) is 24.3 Å². The summed E-state index contributed by atoms with van der Waals surface area (Å²) in [6, 6.07) is 7.40. The number of aliphatic hydroxyl groups excluding tert-OH is 1. The van der Waals surface area contributed by atoms with Crippen LogP contribution in [0.5, 0.6) is 5.75 Å². The van der Waals surface area contributed by atoms with E-state index in [0.717, 1.165) is 16.2 Å². The summed E-state index contributed by atoms with van der Waals surface area (Å²) in [6.07, 6.45) is 1.21. The molecule has 0 saturated carbocycles. The number of hydrogen-bond donors (Lipinski definition) is 1. The van der Waals surface area contributed by atoms with Crippen molar-refractivity contribution in [2.75, 3.05) is 0 Å². The quantitative estimate of drug-likeness (QED) is 0.925. The third-order valence-corrected chi connectivity index (χ3v) is 3.34. The normalized spacial score (nSPS) is 12.4. The Bertz CT molecular complexity index is 499. The highest BCUT2D eigenvalue weighted by atomic mass is 35.5. The lowest BCUT2D eigenvalue weighted by Gasteiger charge is -2.08. The molecule has 0 spiro atoms. The van der Waals surface area contributed by atoms with Crippen LogP contribution in [-0.4, -0.2) is 10.1 Å². The molecule has 2 rings (SSSR count). The van der Waals surface area contributed by atoms with E-state index in [2.05, 4.69) is 4.98 Å². The molecule has 1 aromatic carbocycles. The van der Waals surface area contributed by atoms with Crippen molar-refractivity contribution < 1.29 is 9.84 Å². The maximum Gasteiger partial charge on any atom is 0.183 e. The van der Waals surface area contributed by atoms with Gasteiger partial charge in [0.05, 0.1) is 11.0 Å². The predicted octanol–water partition coefficient (Wildman–Crippen LogP) is 3.43. The van der Waals surface area contributed by atoms with Gasteiger partial charge in [-0.15, -0.1) is 11.3 Å². The van der Waals surface area contributed by atoms with Crippen molar-refractivity contribution >= 4 is 22.9 Å². The number of ether oxygens (including phenoxy) is 1. The molecule has 0 bridgehead atoms. The molecular weight excluding hydrogens is 258 g/mol.